The summed E-state index contributed by atoms with van der Waals surface area (Å²) in [6.45, 7) is 9.79. The van der Waals surface area contributed by atoms with Gasteiger partial charge in [-0.15, -0.1) is 0 Å². The van der Waals surface area contributed by atoms with Crippen LogP contribution >= 0.6 is 0 Å². The predicted octanol–water partition coefficient (Wildman–Crippen LogP) is 2.90. The molecule has 0 fully saturated rings. The van der Waals surface area contributed by atoms with E-state index in [9.17, 15) is 14.3 Å². The lowest BCUT2D eigenvalue weighted by atomic mass is 9.84. The maximum absolute atomic E-state index is 13.9. The summed E-state index contributed by atoms with van der Waals surface area (Å²) in [6.07, 6.45) is -0.590. The van der Waals surface area contributed by atoms with Gasteiger partial charge in [-0.3, -0.25) is 0 Å². The zero-order chi connectivity index (χ0) is 16.9. The standard InChI is InChI=1S/C17H27FN2O2/c1-12(2)20(10-13(3)21)16(22)19-11-17(4,5)14-8-6-7-9-15(14)18/h6-9,12-13,21H,10-11H2,1-5H3,(H,19,22). The third-order valence-electron chi connectivity index (χ3n) is 3.63. The van der Waals surface area contributed by atoms with Gasteiger partial charge in [0.25, 0.3) is 0 Å². The Kier molecular flexibility index (Phi) is 6.35. The fourth-order valence-electron chi connectivity index (χ4n) is 2.32. The summed E-state index contributed by atoms with van der Waals surface area (Å²) in [5, 5.41) is 12.3. The molecule has 2 amide bonds. The van der Waals surface area contributed by atoms with E-state index >= 15 is 0 Å². The highest BCUT2D eigenvalue weighted by Gasteiger charge is 2.26. The van der Waals surface area contributed by atoms with E-state index in [-0.39, 0.29) is 24.4 Å². The smallest absolute Gasteiger partial charge is 0.317 e. The lowest BCUT2D eigenvalue weighted by Crippen LogP contribution is -2.49. The zero-order valence-electron chi connectivity index (χ0n) is 14.1. The number of aliphatic hydroxyl groups excluding tert-OH is 1. The van der Waals surface area contributed by atoms with Gasteiger partial charge >= 0.3 is 6.03 Å². The first-order valence-electron chi connectivity index (χ1n) is 7.62. The summed E-state index contributed by atoms with van der Waals surface area (Å²) in [6, 6.07) is 6.32. The topological polar surface area (TPSA) is 52.6 Å². The summed E-state index contributed by atoms with van der Waals surface area (Å²) in [7, 11) is 0. The van der Waals surface area contributed by atoms with Crippen LogP contribution in [0.5, 0.6) is 0 Å². The van der Waals surface area contributed by atoms with Crippen LogP contribution in [0.3, 0.4) is 0 Å². The van der Waals surface area contributed by atoms with Crippen LogP contribution in [0.2, 0.25) is 0 Å². The number of carbonyl (C=O) groups is 1. The number of benzene rings is 1. The van der Waals surface area contributed by atoms with Crippen molar-refractivity contribution in [2.45, 2.75) is 52.2 Å². The number of rotatable bonds is 6. The van der Waals surface area contributed by atoms with Gasteiger partial charge in [-0.25, -0.2) is 9.18 Å². The maximum atomic E-state index is 13.9. The van der Waals surface area contributed by atoms with Crippen molar-refractivity contribution in [1.29, 1.82) is 0 Å². The van der Waals surface area contributed by atoms with Crippen molar-refractivity contribution >= 4 is 6.03 Å². The number of nitrogens with one attached hydrogen (secondary N) is 1. The Morgan fingerprint density at radius 2 is 1.91 bits per heavy atom. The van der Waals surface area contributed by atoms with E-state index < -0.39 is 11.5 Å². The van der Waals surface area contributed by atoms with E-state index in [1.54, 1.807) is 30.0 Å². The molecular formula is C17H27FN2O2. The van der Waals surface area contributed by atoms with Crippen molar-refractivity contribution in [3.63, 3.8) is 0 Å². The van der Waals surface area contributed by atoms with Crippen LogP contribution in [-0.4, -0.2) is 41.3 Å². The molecule has 0 aliphatic heterocycles. The second-order valence-electron chi connectivity index (χ2n) is 6.62. The molecule has 2 N–H and O–H groups in total. The molecule has 5 heteroatoms. The van der Waals surface area contributed by atoms with Crippen LogP contribution in [-0.2, 0) is 5.41 Å². The van der Waals surface area contributed by atoms with Crippen molar-refractivity contribution in [1.82, 2.24) is 10.2 Å². The number of amides is 2. The largest absolute Gasteiger partial charge is 0.392 e. The molecule has 124 valence electrons. The SMILES string of the molecule is CC(O)CN(C(=O)NCC(C)(C)c1ccccc1F)C(C)C. The lowest BCUT2D eigenvalue weighted by molar-refractivity contribution is 0.118. The molecule has 4 nitrogen and oxygen atoms in total. The molecule has 0 radical (unpaired) electrons. The number of carbonyl (C=O) groups excluding carboxylic acids is 1. The van der Waals surface area contributed by atoms with Gasteiger partial charge in [-0.2, -0.15) is 0 Å². The maximum Gasteiger partial charge on any atom is 0.317 e. The first-order valence-corrected chi connectivity index (χ1v) is 7.62. The zero-order valence-corrected chi connectivity index (χ0v) is 14.1. The Morgan fingerprint density at radius 1 is 1.32 bits per heavy atom. The third kappa shape index (κ3) is 4.98. The highest BCUT2D eigenvalue weighted by atomic mass is 19.1. The second kappa shape index (κ2) is 7.58. The summed E-state index contributed by atoms with van der Waals surface area (Å²) in [5.41, 5.74) is 0.0519. The van der Waals surface area contributed by atoms with Crippen molar-refractivity contribution in [2.24, 2.45) is 0 Å². The van der Waals surface area contributed by atoms with Gasteiger partial charge < -0.3 is 15.3 Å². The van der Waals surface area contributed by atoms with Gasteiger partial charge in [0.15, 0.2) is 0 Å². The van der Waals surface area contributed by atoms with Crippen molar-refractivity contribution in [3.05, 3.63) is 35.6 Å². The Bertz CT molecular complexity index is 501. The second-order valence-corrected chi connectivity index (χ2v) is 6.62. The lowest BCUT2D eigenvalue weighted by Gasteiger charge is -2.31. The first-order chi connectivity index (χ1) is 10.1. The van der Waals surface area contributed by atoms with Gasteiger partial charge in [0.2, 0.25) is 0 Å². The minimum absolute atomic E-state index is 0.0221. The molecule has 0 saturated carbocycles. The highest BCUT2D eigenvalue weighted by Crippen LogP contribution is 2.24. The number of urea groups is 1. The monoisotopic (exact) mass is 310 g/mol. The van der Waals surface area contributed by atoms with Crippen LogP contribution in [0.15, 0.2) is 24.3 Å². The molecule has 0 aliphatic carbocycles. The number of nitrogens with zero attached hydrogens (tertiary/aromatic N) is 1. The van der Waals surface area contributed by atoms with E-state index in [4.69, 9.17) is 0 Å². The molecule has 0 spiro atoms. The summed E-state index contributed by atoms with van der Waals surface area (Å²) in [4.78, 5) is 13.9. The Hall–Kier alpha value is -1.62. The Morgan fingerprint density at radius 3 is 2.41 bits per heavy atom. The fraction of sp³-hybridized carbons (Fsp3) is 0.588. The number of hydrogen-bond acceptors (Lipinski definition) is 2. The average Bonchev–Trinajstić information content (AvgIpc) is 2.42. The van der Waals surface area contributed by atoms with E-state index in [0.29, 0.717) is 12.1 Å². The molecule has 1 aromatic rings. The third-order valence-corrected chi connectivity index (χ3v) is 3.63. The molecule has 0 aliphatic rings. The summed E-state index contributed by atoms with van der Waals surface area (Å²) < 4.78 is 13.9. The van der Waals surface area contributed by atoms with Gasteiger partial charge in [-0.05, 0) is 32.4 Å². The normalized spacial score (nSPS) is 13.1. The van der Waals surface area contributed by atoms with Gasteiger partial charge in [0.05, 0.1) is 6.10 Å². The van der Waals surface area contributed by atoms with E-state index in [1.165, 1.54) is 6.07 Å². The minimum Gasteiger partial charge on any atom is -0.392 e. The van der Waals surface area contributed by atoms with Gasteiger partial charge in [0, 0.05) is 24.5 Å². The van der Waals surface area contributed by atoms with Crippen molar-refractivity contribution in [2.75, 3.05) is 13.1 Å². The van der Waals surface area contributed by atoms with Crippen LogP contribution in [0.1, 0.15) is 40.2 Å². The van der Waals surface area contributed by atoms with Gasteiger partial charge in [0.1, 0.15) is 5.82 Å². The van der Waals surface area contributed by atoms with Crippen molar-refractivity contribution in [3.8, 4) is 0 Å². The van der Waals surface area contributed by atoms with Crippen LogP contribution in [0, 0.1) is 5.82 Å². The molecule has 1 atom stereocenters. The molecule has 0 aromatic heterocycles. The Balaban J connectivity index is 2.75. The summed E-state index contributed by atoms with van der Waals surface area (Å²) >= 11 is 0. The molecule has 0 saturated heterocycles. The molecular weight excluding hydrogens is 283 g/mol. The molecule has 0 bridgehead atoms. The molecule has 1 unspecified atom stereocenters. The molecule has 22 heavy (non-hydrogen) atoms. The highest BCUT2D eigenvalue weighted by molar-refractivity contribution is 5.74. The van der Waals surface area contributed by atoms with Crippen LogP contribution in [0.4, 0.5) is 9.18 Å². The minimum atomic E-state index is -0.590. The van der Waals surface area contributed by atoms with Gasteiger partial charge in [-0.1, -0.05) is 32.0 Å². The fourth-order valence-corrected chi connectivity index (χ4v) is 2.32. The quantitative estimate of drug-likeness (QED) is 0.849. The molecule has 1 rings (SSSR count). The first kappa shape index (κ1) is 18.4. The van der Waals surface area contributed by atoms with E-state index in [0.717, 1.165) is 0 Å². The molecule has 1 aromatic carbocycles. The Labute approximate surface area is 132 Å². The number of hydrogen-bond donors (Lipinski definition) is 2. The number of aliphatic hydroxyl groups is 1. The average molecular weight is 310 g/mol. The molecule has 0 heterocycles. The summed E-state index contributed by atoms with van der Waals surface area (Å²) in [5.74, 6) is -0.272. The predicted molar refractivity (Wildman–Crippen MR) is 86.3 cm³/mol. The number of halogens is 1. The van der Waals surface area contributed by atoms with Crippen LogP contribution in [0.25, 0.3) is 0 Å². The van der Waals surface area contributed by atoms with Crippen LogP contribution < -0.4 is 5.32 Å². The van der Waals surface area contributed by atoms with Crippen molar-refractivity contribution < 1.29 is 14.3 Å². The van der Waals surface area contributed by atoms with E-state index in [2.05, 4.69) is 5.32 Å². The van der Waals surface area contributed by atoms with E-state index in [1.807, 2.05) is 27.7 Å².